The number of nitrogens with zero attached hydrogens (tertiary/aromatic N) is 4. The number of carbonyl (C=O) groups is 1. The smallest absolute Gasteiger partial charge is 0.305 e. The van der Waals surface area contributed by atoms with Crippen LogP contribution in [0.5, 0.6) is 0 Å². The molecule has 29 heavy (non-hydrogen) atoms. The van der Waals surface area contributed by atoms with E-state index in [1.807, 2.05) is 0 Å². The Hall–Kier alpha value is -2.61. The van der Waals surface area contributed by atoms with Crippen molar-refractivity contribution < 1.29 is 31.0 Å². The van der Waals surface area contributed by atoms with Crippen LogP contribution in [0.1, 0.15) is 35.5 Å². The summed E-state index contributed by atoms with van der Waals surface area (Å²) < 4.78 is 80.8. The highest BCUT2D eigenvalue weighted by molar-refractivity contribution is 7.91. The van der Waals surface area contributed by atoms with Crippen LogP contribution in [0, 0.1) is 6.92 Å². The number of nitrogens with one attached hydrogen (secondary N) is 1. The molecule has 1 aliphatic carbocycles. The Morgan fingerprint density at radius 3 is 2.66 bits per heavy atom. The average molecular weight is 438 g/mol. The van der Waals surface area contributed by atoms with Crippen LogP contribution >= 0.6 is 0 Å². The first-order valence-electron chi connectivity index (χ1n) is 8.18. The maximum atomic E-state index is 13.3. The summed E-state index contributed by atoms with van der Waals surface area (Å²) in [5.41, 5.74) is -0.916. The summed E-state index contributed by atoms with van der Waals surface area (Å²) in [5, 5.41) is 10.9. The van der Waals surface area contributed by atoms with Crippen molar-refractivity contribution in [3.05, 3.63) is 34.9 Å². The van der Waals surface area contributed by atoms with Gasteiger partial charge in [-0.05, 0) is 31.7 Å². The fourth-order valence-electron chi connectivity index (χ4n) is 3.01. The first-order valence-corrected chi connectivity index (χ1v) is 9.75. The molecule has 0 bridgehead atoms. The molecular weight excluding hydrogens is 423 g/mol. The highest BCUT2D eigenvalue weighted by atomic mass is 32.2. The van der Waals surface area contributed by atoms with Crippen LogP contribution in [-0.4, -0.2) is 25.0 Å². The number of pyridine rings is 1. The summed E-state index contributed by atoms with van der Waals surface area (Å²) in [4.78, 5) is 15.5. The number of halogens is 5. The van der Waals surface area contributed by atoms with E-state index in [9.17, 15) is 31.0 Å². The summed E-state index contributed by atoms with van der Waals surface area (Å²) in [6.07, 6.45) is -2.02. The van der Waals surface area contributed by atoms with Crippen molar-refractivity contribution >= 4 is 21.6 Å². The lowest BCUT2D eigenvalue weighted by atomic mass is 10.1. The van der Waals surface area contributed by atoms with Gasteiger partial charge in [0.25, 0.3) is 0 Å². The van der Waals surface area contributed by atoms with Gasteiger partial charge in [0.2, 0.25) is 0 Å². The van der Waals surface area contributed by atoms with Gasteiger partial charge in [0.05, 0.1) is 11.9 Å². The first kappa shape index (κ1) is 21.1. The zero-order chi connectivity index (χ0) is 21.6. The van der Waals surface area contributed by atoms with E-state index in [0.29, 0.717) is 31.0 Å². The molecule has 2 aromatic heterocycles. The average Bonchev–Trinajstić information content (AvgIpc) is 3.24. The van der Waals surface area contributed by atoms with Crippen LogP contribution in [0.2, 0.25) is 0 Å². The van der Waals surface area contributed by atoms with Gasteiger partial charge in [-0.3, -0.25) is 0 Å². The van der Waals surface area contributed by atoms with Crippen LogP contribution in [0.3, 0.4) is 0 Å². The van der Waals surface area contributed by atoms with Gasteiger partial charge < -0.3 is 5.32 Å². The third kappa shape index (κ3) is 4.22. The van der Waals surface area contributed by atoms with E-state index in [1.54, 1.807) is 0 Å². The fourth-order valence-corrected chi connectivity index (χ4v) is 3.87. The summed E-state index contributed by atoms with van der Waals surface area (Å²) >= 11 is 0. The molecule has 0 fully saturated rings. The number of hydrogen-bond donors (Lipinski definition) is 2. The summed E-state index contributed by atoms with van der Waals surface area (Å²) in [6.45, 7) is -1.87. The molecule has 0 saturated heterocycles. The van der Waals surface area contributed by atoms with Crippen molar-refractivity contribution in [3.8, 4) is 0 Å². The van der Waals surface area contributed by atoms with Gasteiger partial charge in [0, 0.05) is 17.5 Å². The van der Waals surface area contributed by atoms with Gasteiger partial charge in [-0.2, -0.15) is 27.1 Å². The number of anilines is 1. The Labute approximate surface area is 161 Å². The van der Waals surface area contributed by atoms with Crippen molar-refractivity contribution in [2.45, 2.75) is 43.8 Å². The van der Waals surface area contributed by atoms with Crippen LogP contribution in [-0.2, 0) is 28.9 Å². The van der Waals surface area contributed by atoms with Gasteiger partial charge in [-0.15, -0.1) is 4.36 Å². The molecule has 8 nitrogen and oxygen atoms in total. The van der Waals surface area contributed by atoms with Crippen LogP contribution in [0.4, 0.5) is 32.4 Å². The molecule has 2 amide bonds. The van der Waals surface area contributed by atoms with E-state index in [2.05, 4.69) is 19.8 Å². The van der Waals surface area contributed by atoms with Crippen LogP contribution < -0.4 is 10.5 Å². The second-order valence-corrected chi connectivity index (χ2v) is 8.05. The zero-order valence-corrected chi connectivity index (χ0v) is 15.7. The van der Waals surface area contributed by atoms with E-state index >= 15 is 0 Å². The molecule has 0 saturated carbocycles. The van der Waals surface area contributed by atoms with Gasteiger partial charge in [0.1, 0.15) is 20.5 Å². The standard InChI is InChI=1S/C15H15F5N6O2S/c1-7-11(9-3-2-4-10(9)23-12(7)15(18,19)20)24-14(27)25-29(21,28)8-5-22-26(6-8)13(16)17/h5-6,13H,2-4H2,1H3,(H3,21,23,24,25,27,28)/t29-/m1/s1. The van der Waals surface area contributed by atoms with Crippen molar-refractivity contribution in [1.29, 1.82) is 0 Å². The highest BCUT2D eigenvalue weighted by Gasteiger charge is 2.37. The van der Waals surface area contributed by atoms with E-state index in [1.165, 1.54) is 0 Å². The van der Waals surface area contributed by atoms with Crippen LogP contribution in [0.25, 0.3) is 0 Å². The number of fused-ring (bicyclic) bond motifs is 1. The van der Waals surface area contributed by atoms with E-state index < -0.39 is 39.3 Å². The first-order chi connectivity index (χ1) is 13.4. The molecule has 3 rings (SSSR count). The number of urea groups is 1. The van der Waals surface area contributed by atoms with Gasteiger partial charge in [-0.1, -0.05) is 0 Å². The molecule has 0 aromatic carbocycles. The number of aromatic nitrogens is 3. The molecule has 14 heteroatoms. The molecule has 1 atom stereocenters. The minimum absolute atomic E-state index is 0.118. The molecule has 2 heterocycles. The topological polar surface area (TPSA) is 115 Å². The van der Waals surface area contributed by atoms with E-state index in [0.717, 1.165) is 13.1 Å². The molecule has 1 aliphatic rings. The number of amides is 2. The Balaban J connectivity index is 1.97. The molecule has 2 aromatic rings. The van der Waals surface area contributed by atoms with Gasteiger partial charge in [-0.25, -0.2) is 23.8 Å². The maximum absolute atomic E-state index is 13.3. The number of aryl methyl sites for hydroxylation is 1. The van der Waals surface area contributed by atoms with Gasteiger partial charge in [0.15, 0.2) is 0 Å². The van der Waals surface area contributed by atoms with Crippen molar-refractivity contribution in [2.75, 3.05) is 5.32 Å². The molecule has 0 spiro atoms. The molecule has 0 aliphatic heterocycles. The lowest BCUT2D eigenvalue weighted by molar-refractivity contribution is -0.141. The predicted molar refractivity (Wildman–Crippen MR) is 91.5 cm³/mol. The largest absolute Gasteiger partial charge is 0.433 e. The van der Waals surface area contributed by atoms with Gasteiger partial charge >= 0.3 is 18.8 Å². The number of nitrogens with two attached hydrogens (primary N) is 1. The summed E-state index contributed by atoms with van der Waals surface area (Å²) in [6, 6.07) is -1.28. The molecule has 158 valence electrons. The summed E-state index contributed by atoms with van der Waals surface area (Å²) in [5.74, 6) is 0. The molecular formula is C15H15F5N6O2S. The normalized spacial score (nSPS) is 15.9. The molecule has 3 N–H and O–H groups in total. The number of carbonyl (C=O) groups excluding carboxylic acids is 1. The Kier molecular flexibility index (Phi) is 5.34. The minimum atomic E-state index is -4.73. The number of hydrogen-bond acceptors (Lipinski definition) is 4. The minimum Gasteiger partial charge on any atom is -0.305 e. The Morgan fingerprint density at radius 1 is 1.38 bits per heavy atom. The van der Waals surface area contributed by atoms with Crippen molar-refractivity contribution in [1.82, 2.24) is 14.8 Å². The van der Waals surface area contributed by atoms with E-state index in [4.69, 9.17) is 5.14 Å². The number of rotatable bonds is 3. The maximum Gasteiger partial charge on any atom is 0.433 e. The SMILES string of the molecule is Cc1c(C(F)(F)F)nc2c(c1NC(=O)N=[S@@](N)(=O)c1cnn(C(F)F)c1)CCC2. The monoisotopic (exact) mass is 438 g/mol. The third-order valence-corrected chi connectivity index (χ3v) is 5.63. The lowest BCUT2D eigenvalue weighted by Crippen LogP contribution is -2.20. The van der Waals surface area contributed by atoms with Crippen molar-refractivity contribution in [2.24, 2.45) is 9.50 Å². The Morgan fingerprint density at radius 2 is 2.07 bits per heavy atom. The Bertz CT molecular complexity index is 1090. The molecule has 0 radical (unpaired) electrons. The quantitative estimate of drug-likeness (QED) is 0.715. The van der Waals surface area contributed by atoms with Crippen molar-refractivity contribution in [3.63, 3.8) is 0 Å². The zero-order valence-electron chi connectivity index (χ0n) is 14.8. The predicted octanol–water partition coefficient (Wildman–Crippen LogP) is 3.42. The molecule has 0 unspecified atom stereocenters. The highest BCUT2D eigenvalue weighted by Crippen LogP contribution is 2.38. The third-order valence-electron chi connectivity index (χ3n) is 4.30. The summed E-state index contributed by atoms with van der Waals surface area (Å²) in [7, 11) is -3.95. The second kappa shape index (κ2) is 7.33. The number of alkyl halides is 5. The lowest BCUT2D eigenvalue weighted by Gasteiger charge is -2.17. The van der Waals surface area contributed by atoms with E-state index in [-0.39, 0.29) is 21.6 Å². The fraction of sp³-hybridized carbons (Fsp3) is 0.400. The van der Waals surface area contributed by atoms with Crippen LogP contribution in [0.15, 0.2) is 21.7 Å². The second-order valence-electron chi connectivity index (χ2n) is 6.26.